The normalized spacial score (nSPS) is 27.2. The van der Waals surface area contributed by atoms with Crippen LogP contribution in [0, 0.1) is 0 Å². The van der Waals surface area contributed by atoms with Crippen LogP contribution in [-0.2, 0) is 6.42 Å². The standard InChI is InChI=1S/C17H26N2O/c1-17(2)12-19(10-9-18(17)3)16-6-4-5-13-11-14(20)7-8-15(13)16/h7-8,11,16,20H,4-6,9-10,12H2,1-3H3. The number of likely N-dealkylation sites (N-methyl/N-ethyl adjacent to an activating group) is 1. The summed E-state index contributed by atoms with van der Waals surface area (Å²) in [7, 11) is 2.23. The lowest BCUT2D eigenvalue weighted by atomic mass is 9.85. The van der Waals surface area contributed by atoms with Crippen molar-refractivity contribution in [3.8, 4) is 5.75 Å². The Balaban J connectivity index is 1.86. The van der Waals surface area contributed by atoms with Gasteiger partial charge in [0.2, 0.25) is 0 Å². The van der Waals surface area contributed by atoms with Crippen molar-refractivity contribution in [2.45, 2.75) is 44.7 Å². The summed E-state index contributed by atoms with van der Waals surface area (Å²) in [5, 5.41) is 9.68. The third kappa shape index (κ3) is 2.45. The molecule has 1 heterocycles. The van der Waals surface area contributed by atoms with E-state index in [9.17, 15) is 5.11 Å². The summed E-state index contributed by atoms with van der Waals surface area (Å²) >= 11 is 0. The minimum absolute atomic E-state index is 0.243. The number of rotatable bonds is 1. The first-order valence-corrected chi connectivity index (χ1v) is 7.74. The van der Waals surface area contributed by atoms with Crippen LogP contribution in [-0.4, -0.2) is 47.1 Å². The maximum Gasteiger partial charge on any atom is 0.115 e. The van der Waals surface area contributed by atoms with Crippen LogP contribution in [0.5, 0.6) is 5.75 Å². The van der Waals surface area contributed by atoms with Gasteiger partial charge in [-0.1, -0.05) is 6.07 Å². The molecule has 1 aliphatic heterocycles. The molecule has 3 nitrogen and oxygen atoms in total. The molecule has 0 aromatic heterocycles. The number of benzene rings is 1. The average molecular weight is 274 g/mol. The molecule has 0 saturated carbocycles. The summed E-state index contributed by atoms with van der Waals surface area (Å²) < 4.78 is 0. The van der Waals surface area contributed by atoms with Crippen molar-refractivity contribution in [2.75, 3.05) is 26.7 Å². The fourth-order valence-electron chi connectivity index (χ4n) is 3.70. The van der Waals surface area contributed by atoms with Gasteiger partial charge >= 0.3 is 0 Å². The van der Waals surface area contributed by atoms with Crippen molar-refractivity contribution in [3.63, 3.8) is 0 Å². The molecule has 3 heteroatoms. The fourth-order valence-corrected chi connectivity index (χ4v) is 3.70. The molecule has 3 rings (SSSR count). The van der Waals surface area contributed by atoms with Gasteiger partial charge in [-0.2, -0.15) is 0 Å². The summed E-state index contributed by atoms with van der Waals surface area (Å²) in [6.07, 6.45) is 3.59. The van der Waals surface area contributed by atoms with Crippen molar-refractivity contribution < 1.29 is 5.11 Å². The predicted octanol–water partition coefficient (Wildman–Crippen LogP) is 2.80. The highest BCUT2D eigenvalue weighted by Gasteiger charge is 2.35. The fraction of sp³-hybridized carbons (Fsp3) is 0.647. The third-order valence-corrected chi connectivity index (χ3v) is 5.20. The number of hydrogen-bond acceptors (Lipinski definition) is 3. The molecule has 1 aromatic carbocycles. The zero-order valence-corrected chi connectivity index (χ0v) is 12.9. The smallest absolute Gasteiger partial charge is 0.115 e. The SMILES string of the molecule is CN1CCN(C2CCCc3cc(O)ccc32)CC1(C)C. The second-order valence-corrected chi connectivity index (χ2v) is 7.00. The lowest BCUT2D eigenvalue weighted by Crippen LogP contribution is -2.58. The average Bonchev–Trinajstić information content (AvgIpc) is 2.41. The molecule has 1 aliphatic carbocycles. The number of aryl methyl sites for hydroxylation is 1. The number of nitrogens with zero attached hydrogens (tertiary/aromatic N) is 2. The molecule has 0 bridgehead atoms. The molecule has 0 spiro atoms. The van der Waals surface area contributed by atoms with E-state index in [4.69, 9.17) is 0 Å². The monoisotopic (exact) mass is 274 g/mol. The molecular formula is C17H26N2O. The van der Waals surface area contributed by atoms with E-state index in [0.29, 0.717) is 11.8 Å². The van der Waals surface area contributed by atoms with Gasteiger partial charge in [-0.25, -0.2) is 0 Å². The molecule has 1 atom stereocenters. The highest BCUT2D eigenvalue weighted by atomic mass is 16.3. The first kappa shape index (κ1) is 13.9. The molecule has 1 saturated heterocycles. The highest BCUT2D eigenvalue weighted by molar-refractivity contribution is 5.38. The Bertz CT molecular complexity index is 498. The van der Waals surface area contributed by atoms with E-state index in [1.165, 1.54) is 24.0 Å². The maximum atomic E-state index is 9.68. The molecule has 0 amide bonds. The van der Waals surface area contributed by atoms with Crippen LogP contribution < -0.4 is 0 Å². The Hall–Kier alpha value is -1.06. The van der Waals surface area contributed by atoms with Gasteiger partial charge in [0.25, 0.3) is 0 Å². The second kappa shape index (κ2) is 5.05. The van der Waals surface area contributed by atoms with E-state index in [0.717, 1.165) is 26.1 Å². The zero-order valence-electron chi connectivity index (χ0n) is 12.9. The number of aromatic hydroxyl groups is 1. The van der Waals surface area contributed by atoms with Crippen LogP contribution in [0.4, 0.5) is 0 Å². The molecule has 1 fully saturated rings. The molecule has 1 aromatic rings. The first-order valence-electron chi connectivity index (χ1n) is 7.74. The minimum atomic E-state index is 0.243. The summed E-state index contributed by atoms with van der Waals surface area (Å²) in [5.41, 5.74) is 3.03. The zero-order chi connectivity index (χ0) is 14.3. The van der Waals surface area contributed by atoms with Crippen LogP contribution in [0.3, 0.4) is 0 Å². The number of phenols is 1. The van der Waals surface area contributed by atoms with Gasteiger partial charge < -0.3 is 5.11 Å². The quantitative estimate of drug-likeness (QED) is 0.853. The molecule has 110 valence electrons. The van der Waals surface area contributed by atoms with Gasteiger partial charge in [0.15, 0.2) is 0 Å². The van der Waals surface area contributed by atoms with Crippen molar-refractivity contribution in [2.24, 2.45) is 0 Å². The van der Waals surface area contributed by atoms with Crippen LogP contribution in [0.2, 0.25) is 0 Å². The van der Waals surface area contributed by atoms with E-state index >= 15 is 0 Å². The van der Waals surface area contributed by atoms with Gasteiger partial charge in [-0.05, 0) is 63.4 Å². The van der Waals surface area contributed by atoms with Gasteiger partial charge in [-0.15, -0.1) is 0 Å². The van der Waals surface area contributed by atoms with Gasteiger partial charge in [0.05, 0.1) is 0 Å². The predicted molar refractivity (Wildman–Crippen MR) is 82.1 cm³/mol. The van der Waals surface area contributed by atoms with Crippen molar-refractivity contribution >= 4 is 0 Å². The number of hydrogen-bond donors (Lipinski definition) is 1. The Kier molecular flexibility index (Phi) is 3.51. The highest BCUT2D eigenvalue weighted by Crippen LogP contribution is 2.37. The Morgan fingerprint density at radius 1 is 1.25 bits per heavy atom. The van der Waals surface area contributed by atoms with Gasteiger partial charge in [0, 0.05) is 31.2 Å². The summed E-state index contributed by atoms with van der Waals surface area (Å²) in [6.45, 7) is 8.07. The number of fused-ring (bicyclic) bond motifs is 1. The third-order valence-electron chi connectivity index (χ3n) is 5.20. The molecule has 1 unspecified atom stereocenters. The van der Waals surface area contributed by atoms with Gasteiger partial charge in [-0.3, -0.25) is 9.80 Å². The van der Waals surface area contributed by atoms with E-state index < -0.39 is 0 Å². The molecule has 2 aliphatic rings. The lowest BCUT2D eigenvalue weighted by molar-refractivity contribution is 0.0120. The molecular weight excluding hydrogens is 248 g/mol. The molecule has 20 heavy (non-hydrogen) atoms. The summed E-state index contributed by atoms with van der Waals surface area (Å²) in [5.74, 6) is 0.406. The van der Waals surface area contributed by atoms with E-state index in [2.05, 4.69) is 36.8 Å². The van der Waals surface area contributed by atoms with Crippen LogP contribution in [0.15, 0.2) is 18.2 Å². The topological polar surface area (TPSA) is 26.7 Å². The molecule has 1 N–H and O–H groups in total. The second-order valence-electron chi connectivity index (χ2n) is 7.00. The van der Waals surface area contributed by atoms with Crippen LogP contribution >= 0.6 is 0 Å². The minimum Gasteiger partial charge on any atom is -0.508 e. The van der Waals surface area contributed by atoms with Crippen molar-refractivity contribution in [1.29, 1.82) is 0 Å². The van der Waals surface area contributed by atoms with Crippen molar-refractivity contribution in [3.05, 3.63) is 29.3 Å². The largest absolute Gasteiger partial charge is 0.508 e. The first-order chi connectivity index (χ1) is 9.47. The van der Waals surface area contributed by atoms with Crippen LogP contribution in [0.1, 0.15) is 43.9 Å². The van der Waals surface area contributed by atoms with E-state index in [1.54, 1.807) is 0 Å². The molecule has 0 radical (unpaired) electrons. The van der Waals surface area contributed by atoms with Crippen LogP contribution in [0.25, 0.3) is 0 Å². The number of piperazine rings is 1. The van der Waals surface area contributed by atoms with Gasteiger partial charge in [0.1, 0.15) is 5.75 Å². The van der Waals surface area contributed by atoms with E-state index in [1.807, 2.05) is 12.1 Å². The van der Waals surface area contributed by atoms with Crippen molar-refractivity contribution in [1.82, 2.24) is 9.80 Å². The van der Waals surface area contributed by atoms with E-state index in [-0.39, 0.29) is 5.54 Å². The maximum absolute atomic E-state index is 9.68. The number of phenolic OH excluding ortho intramolecular Hbond substituents is 1. The lowest BCUT2D eigenvalue weighted by Gasteiger charge is -2.49. The Morgan fingerprint density at radius 3 is 2.80 bits per heavy atom. The Morgan fingerprint density at radius 2 is 2.05 bits per heavy atom. The summed E-state index contributed by atoms with van der Waals surface area (Å²) in [4.78, 5) is 5.11. The summed E-state index contributed by atoms with van der Waals surface area (Å²) in [6, 6.07) is 6.48. The Labute approximate surface area is 122 Å².